The standard InChI is InChI=1S/C15H22N2O4S/c1-12(15(18)16-2)21-13-6-8-14(9-7-13)22(19,20)17-10-4-3-5-11-17/h6-9,12H,3-5,10-11H2,1-2H3,(H,16,18)/t12-/m0/s1. The molecule has 0 aliphatic carbocycles. The van der Waals surface area contributed by atoms with Crippen LogP contribution in [0.25, 0.3) is 0 Å². The van der Waals surface area contributed by atoms with Crippen molar-refractivity contribution in [2.45, 2.75) is 37.2 Å². The van der Waals surface area contributed by atoms with Crippen LogP contribution in [0.2, 0.25) is 0 Å². The Labute approximate surface area is 131 Å². The van der Waals surface area contributed by atoms with Crippen LogP contribution in [0.5, 0.6) is 5.75 Å². The highest BCUT2D eigenvalue weighted by molar-refractivity contribution is 7.89. The Balaban J connectivity index is 2.09. The predicted molar refractivity (Wildman–Crippen MR) is 83.2 cm³/mol. The Morgan fingerprint density at radius 1 is 1.18 bits per heavy atom. The maximum absolute atomic E-state index is 12.5. The Kier molecular flexibility index (Phi) is 5.42. The molecule has 22 heavy (non-hydrogen) atoms. The second kappa shape index (κ2) is 7.11. The number of rotatable bonds is 5. The van der Waals surface area contributed by atoms with E-state index in [0.717, 1.165) is 19.3 Å². The van der Waals surface area contributed by atoms with Crippen molar-refractivity contribution >= 4 is 15.9 Å². The summed E-state index contributed by atoms with van der Waals surface area (Å²) in [6.07, 6.45) is 2.26. The van der Waals surface area contributed by atoms with E-state index in [1.807, 2.05) is 0 Å². The number of amides is 1. The number of nitrogens with one attached hydrogen (secondary N) is 1. The second-order valence-corrected chi connectivity index (χ2v) is 7.25. The summed E-state index contributed by atoms with van der Waals surface area (Å²) >= 11 is 0. The lowest BCUT2D eigenvalue weighted by Crippen LogP contribution is -2.35. The number of hydrogen-bond acceptors (Lipinski definition) is 4. The molecule has 6 nitrogen and oxygen atoms in total. The third-order valence-corrected chi connectivity index (χ3v) is 5.62. The van der Waals surface area contributed by atoms with Crippen molar-refractivity contribution in [2.75, 3.05) is 20.1 Å². The van der Waals surface area contributed by atoms with Gasteiger partial charge < -0.3 is 10.1 Å². The smallest absolute Gasteiger partial charge is 0.260 e. The summed E-state index contributed by atoms with van der Waals surface area (Å²) in [5.41, 5.74) is 0. The number of carbonyl (C=O) groups is 1. The van der Waals surface area contributed by atoms with E-state index in [4.69, 9.17) is 4.74 Å². The zero-order valence-corrected chi connectivity index (χ0v) is 13.7. The molecule has 7 heteroatoms. The summed E-state index contributed by atoms with van der Waals surface area (Å²) in [6.45, 7) is 2.79. The van der Waals surface area contributed by atoms with Crippen molar-refractivity contribution in [1.29, 1.82) is 0 Å². The average molecular weight is 326 g/mol. The molecule has 0 radical (unpaired) electrons. The van der Waals surface area contributed by atoms with Gasteiger partial charge in [-0.2, -0.15) is 4.31 Å². The van der Waals surface area contributed by atoms with E-state index in [1.54, 1.807) is 19.1 Å². The molecule has 122 valence electrons. The molecule has 0 unspecified atom stereocenters. The third-order valence-electron chi connectivity index (χ3n) is 3.71. The lowest BCUT2D eigenvalue weighted by atomic mass is 10.2. The van der Waals surface area contributed by atoms with Crippen molar-refractivity contribution < 1.29 is 17.9 Å². The van der Waals surface area contributed by atoms with Crippen molar-refractivity contribution in [3.8, 4) is 5.75 Å². The highest BCUT2D eigenvalue weighted by atomic mass is 32.2. The number of ether oxygens (including phenoxy) is 1. The summed E-state index contributed by atoms with van der Waals surface area (Å²) in [7, 11) is -1.89. The molecule has 1 aliphatic heterocycles. The minimum absolute atomic E-state index is 0.231. The first-order chi connectivity index (χ1) is 10.4. The van der Waals surface area contributed by atoms with Gasteiger partial charge in [-0.1, -0.05) is 6.42 Å². The van der Waals surface area contributed by atoms with Gasteiger partial charge in [0.25, 0.3) is 5.91 Å². The van der Waals surface area contributed by atoms with Crippen LogP contribution >= 0.6 is 0 Å². The second-order valence-electron chi connectivity index (χ2n) is 5.31. The molecular formula is C15H22N2O4S. The number of sulfonamides is 1. The fraction of sp³-hybridized carbons (Fsp3) is 0.533. The van der Waals surface area contributed by atoms with E-state index in [1.165, 1.54) is 23.5 Å². The number of hydrogen-bond donors (Lipinski definition) is 1. The van der Waals surface area contributed by atoms with E-state index in [2.05, 4.69) is 5.32 Å². The van der Waals surface area contributed by atoms with Gasteiger partial charge in [-0.15, -0.1) is 0 Å². The average Bonchev–Trinajstić information content (AvgIpc) is 2.55. The van der Waals surface area contributed by atoms with Crippen LogP contribution < -0.4 is 10.1 Å². The van der Waals surface area contributed by atoms with Crippen molar-refractivity contribution in [3.05, 3.63) is 24.3 Å². The number of benzene rings is 1. The topological polar surface area (TPSA) is 75.7 Å². The lowest BCUT2D eigenvalue weighted by molar-refractivity contribution is -0.126. The molecule has 1 N–H and O–H groups in total. The van der Waals surface area contributed by atoms with Gasteiger partial charge in [0.05, 0.1) is 4.90 Å². The first kappa shape index (κ1) is 16.8. The molecule has 1 heterocycles. The normalized spacial score (nSPS) is 17.7. The Bertz CT molecular complexity index is 607. The Morgan fingerprint density at radius 2 is 1.77 bits per heavy atom. The van der Waals surface area contributed by atoms with Gasteiger partial charge in [-0.25, -0.2) is 8.42 Å². The molecule has 0 aromatic heterocycles. The van der Waals surface area contributed by atoms with Gasteiger partial charge in [0.2, 0.25) is 10.0 Å². The quantitative estimate of drug-likeness (QED) is 0.887. The Hall–Kier alpha value is -1.60. The van der Waals surface area contributed by atoms with E-state index < -0.39 is 16.1 Å². The van der Waals surface area contributed by atoms with Crippen LogP contribution in [0.4, 0.5) is 0 Å². The number of likely N-dealkylation sites (N-methyl/N-ethyl adjacent to an activating group) is 1. The SMILES string of the molecule is CNC(=O)[C@H](C)Oc1ccc(S(=O)(=O)N2CCCCC2)cc1. The number of nitrogens with zero attached hydrogens (tertiary/aromatic N) is 1. The summed E-state index contributed by atoms with van der Waals surface area (Å²) in [4.78, 5) is 11.7. The summed E-state index contributed by atoms with van der Waals surface area (Å²) in [5.74, 6) is 0.235. The molecule has 1 atom stereocenters. The van der Waals surface area contributed by atoms with Crippen LogP contribution in [0.1, 0.15) is 26.2 Å². The Morgan fingerprint density at radius 3 is 2.32 bits per heavy atom. The van der Waals surface area contributed by atoms with Crippen molar-refractivity contribution in [2.24, 2.45) is 0 Å². The van der Waals surface area contributed by atoms with Crippen molar-refractivity contribution in [1.82, 2.24) is 9.62 Å². The van der Waals surface area contributed by atoms with Gasteiger partial charge >= 0.3 is 0 Å². The fourth-order valence-corrected chi connectivity index (χ4v) is 3.92. The molecule has 2 rings (SSSR count). The molecule has 1 amide bonds. The largest absolute Gasteiger partial charge is 0.481 e. The first-order valence-corrected chi connectivity index (χ1v) is 8.87. The highest BCUT2D eigenvalue weighted by Gasteiger charge is 2.25. The first-order valence-electron chi connectivity index (χ1n) is 7.43. The molecule has 1 aromatic rings. The molecule has 1 saturated heterocycles. The lowest BCUT2D eigenvalue weighted by Gasteiger charge is -2.25. The number of carbonyl (C=O) groups excluding carboxylic acids is 1. The predicted octanol–water partition coefficient (Wildman–Crippen LogP) is 1.37. The van der Waals surface area contributed by atoms with Crippen LogP contribution in [-0.2, 0) is 14.8 Å². The van der Waals surface area contributed by atoms with Crippen LogP contribution in [0.15, 0.2) is 29.2 Å². The highest BCUT2D eigenvalue weighted by Crippen LogP contribution is 2.23. The van der Waals surface area contributed by atoms with E-state index in [-0.39, 0.29) is 10.8 Å². The summed E-state index contributed by atoms with van der Waals surface area (Å²) in [6, 6.07) is 6.21. The number of piperidine rings is 1. The molecule has 0 bridgehead atoms. The monoisotopic (exact) mass is 326 g/mol. The van der Waals surface area contributed by atoms with Crippen LogP contribution in [0.3, 0.4) is 0 Å². The molecule has 1 aliphatic rings. The van der Waals surface area contributed by atoms with E-state index in [0.29, 0.717) is 18.8 Å². The fourth-order valence-electron chi connectivity index (χ4n) is 2.41. The summed E-state index contributed by atoms with van der Waals surface area (Å²) < 4.78 is 32.0. The molecule has 0 spiro atoms. The minimum Gasteiger partial charge on any atom is -0.481 e. The van der Waals surface area contributed by atoms with Gasteiger partial charge in [-0.3, -0.25) is 4.79 Å². The van der Waals surface area contributed by atoms with Crippen LogP contribution in [0, 0.1) is 0 Å². The van der Waals surface area contributed by atoms with E-state index in [9.17, 15) is 13.2 Å². The van der Waals surface area contributed by atoms with Gasteiger partial charge in [0, 0.05) is 20.1 Å². The maximum atomic E-state index is 12.5. The van der Waals surface area contributed by atoms with Crippen LogP contribution in [-0.4, -0.2) is 44.9 Å². The zero-order valence-electron chi connectivity index (χ0n) is 12.9. The molecule has 1 fully saturated rings. The molecule has 1 aromatic carbocycles. The van der Waals surface area contributed by atoms with Gasteiger partial charge in [0.1, 0.15) is 5.75 Å². The van der Waals surface area contributed by atoms with Crippen molar-refractivity contribution in [3.63, 3.8) is 0 Å². The molecular weight excluding hydrogens is 304 g/mol. The summed E-state index contributed by atoms with van der Waals surface area (Å²) in [5, 5.41) is 2.50. The molecule has 0 saturated carbocycles. The van der Waals surface area contributed by atoms with Gasteiger partial charge in [0.15, 0.2) is 6.10 Å². The maximum Gasteiger partial charge on any atom is 0.260 e. The minimum atomic E-state index is -3.43. The zero-order chi connectivity index (χ0) is 16.2. The van der Waals surface area contributed by atoms with E-state index >= 15 is 0 Å². The van der Waals surface area contributed by atoms with Gasteiger partial charge in [-0.05, 0) is 44.0 Å². The third kappa shape index (κ3) is 3.78.